The van der Waals surface area contributed by atoms with Crippen molar-refractivity contribution in [1.29, 1.82) is 0 Å². The van der Waals surface area contributed by atoms with Crippen LogP contribution in [-0.4, -0.2) is 24.7 Å². The van der Waals surface area contributed by atoms with Crippen LogP contribution in [0.5, 0.6) is 0 Å². The summed E-state index contributed by atoms with van der Waals surface area (Å²) in [5.74, 6) is -1.11. The van der Waals surface area contributed by atoms with E-state index in [0.29, 0.717) is 6.61 Å². The van der Waals surface area contributed by atoms with Gasteiger partial charge in [0.15, 0.2) is 0 Å². The van der Waals surface area contributed by atoms with E-state index in [-0.39, 0.29) is 22.7 Å². The van der Waals surface area contributed by atoms with E-state index < -0.39 is 11.7 Å². The summed E-state index contributed by atoms with van der Waals surface area (Å²) < 4.78 is 19.0. The second kappa shape index (κ2) is 5.67. The number of ether oxygens (including phenoxy) is 1. The van der Waals surface area contributed by atoms with Crippen LogP contribution in [0.3, 0.4) is 0 Å². The Hall–Kier alpha value is -1.13. The molecule has 0 aromatic heterocycles. The van der Waals surface area contributed by atoms with Gasteiger partial charge < -0.3 is 10.1 Å². The third-order valence-corrected chi connectivity index (χ3v) is 3.39. The zero-order valence-corrected chi connectivity index (χ0v) is 10.8. The summed E-state index contributed by atoms with van der Waals surface area (Å²) in [4.78, 5) is 12.0. The van der Waals surface area contributed by atoms with Crippen molar-refractivity contribution < 1.29 is 13.9 Å². The average Bonchev–Trinajstić information content (AvgIpc) is 2.81. The molecule has 0 unspecified atom stereocenters. The third-order valence-electron chi connectivity index (χ3n) is 3.07. The monoisotopic (exact) mass is 271 g/mol. The molecule has 1 amide bonds. The maximum absolute atomic E-state index is 13.6. The van der Waals surface area contributed by atoms with Gasteiger partial charge in [0, 0.05) is 6.61 Å². The fraction of sp³-hybridized carbons (Fsp3) is 0.462. The van der Waals surface area contributed by atoms with Crippen LogP contribution in [-0.2, 0) is 4.74 Å². The Labute approximate surface area is 110 Å². The van der Waals surface area contributed by atoms with E-state index in [9.17, 15) is 9.18 Å². The Morgan fingerprint density at radius 3 is 3.00 bits per heavy atom. The van der Waals surface area contributed by atoms with E-state index in [1.165, 1.54) is 18.2 Å². The zero-order chi connectivity index (χ0) is 13.1. The second-order valence-corrected chi connectivity index (χ2v) is 4.82. The molecule has 1 N–H and O–H groups in total. The van der Waals surface area contributed by atoms with E-state index in [4.69, 9.17) is 16.3 Å². The minimum Gasteiger partial charge on any atom is -0.376 e. The second-order valence-electron chi connectivity index (χ2n) is 4.41. The molecule has 1 saturated heterocycles. The lowest BCUT2D eigenvalue weighted by Gasteiger charge is -2.20. The number of halogens is 2. The molecule has 1 aliphatic heterocycles. The fourth-order valence-electron chi connectivity index (χ4n) is 2.08. The maximum atomic E-state index is 13.6. The maximum Gasteiger partial charge on any atom is 0.256 e. The molecule has 1 aliphatic rings. The standard InChI is InChI=1S/C13H15ClFNO2/c1-8(11-6-3-7-18-11)16-13(17)12-9(14)4-2-5-10(12)15/h2,4-5,8,11H,3,6-7H2,1H3,(H,16,17)/t8-,11-/m1/s1. The van der Waals surface area contributed by atoms with Gasteiger partial charge in [0.25, 0.3) is 5.91 Å². The van der Waals surface area contributed by atoms with Crippen molar-refractivity contribution in [2.45, 2.75) is 31.9 Å². The Kier molecular flexibility index (Phi) is 4.19. The molecule has 2 atom stereocenters. The van der Waals surface area contributed by atoms with Gasteiger partial charge in [-0.05, 0) is 31.9 Å². The lowest BCUT2D eigenvalue weighted by Crippen LogP contribution is -2.41. The highest BCUT2D eigenvalue weighted by atomic mass is 35.5. The van der Waals surface area contributed by atoms with Gasteiger partial charge in [0.05, 0.1) is 22.7 Å². The normalized spacial score (nSPS) is 20.7. The summed E-state index contributed by atoms with van der Waals surface area (Å²) >= 11 is 5.84. The Morgan fingerprint density at radius 2 is 2.39 bits per heavy atom. The molecule has 18 heavy (non-hydrogen) atoms. The fourth-order valence-corrected chi connectivity index (χ4v) is 2.33. The molecule has 0 bridgehead atoms. The van der Waals surface area contributed by atoms with Crippen LogP contribution in [0.15, 0.2) is 18.2 Å². The van der Waals surface area contributed by atoms with Crippen LogP contribution in [0.1, 0.15) is 30.1 Å². The van der Waals surface area contributed by atoms with E-state index in [1.54, 1.807) is 0 Å². The van der Waals surface area contributed by atoms with Gasteiger partial charge >= 0.3 is 0 Å². The highest BCUT2D eigenvalue weighted by Gasteiger charge is 2.25. The molecule has 5 heteroatoms. The Morgan fingerprint density at radius 1 is 1.61 bits per heavy atom. The van der Waals surface area contributed by atoms with Gasteiger partial charge in [-0.2, -0.15) is 0 Å². The quantitative estimate of drug-likeness (QED) is 0.918. The molecule has 0 radical (unpaired) electrons. The van der Waals surface area contributed by atoms with Crippen LogP contribution in [0, 0.1) is 5.82 Å². The van der Waals surface area contributed by atoms with Crippen molar-refractivity contribution in [2.75, 3.05) is 6.61 Å². The third kappa shape index (κ3) is 2.82. The first-order chi connectivity index (χ1) is 8.59. The lowest BCUT2D eigenvalue weighted by atomic mass is 10.1. The number of amides is 1. The van der Waals surface area contributed by atoms with E-state index in [0.717, 1.165) is 12.8 Å². The minimum absolute atomic E-state index is 0.000464. The van der Waals surface area contributed by atoms with Gasteiger partial charge in [-0.1, -0.05) is 17.7 Å². The summed E-state index contributed by atoms with van der Waals surface area (Å²) in [6, 6.07) is 4.03. The number of carbonyl (C=O) groups is 1. The first-order valence-electron chi connectivity index (χ1n) is 5.96. The highest BCUT2D eigenvalue weighted by Crippen LogP contribution is 2.20. The van der Waals surface area contributed by atoms with Crippen molar-refractivity contribution in [3.8, 4) is 0 Å². The average molecular weight is 272 g/mol. The lowest BCUT2D eigenvalue weighted by molar-refractivity contribution is 0.0710. The molecule has 2 rings (SSSR count). The van der Waals surface area contributed by atoms with Gasteiger partial charge in [-0.3, -0.25) is 4.79 Å². The van der Waals surface area contributed by atoms with Crippen LogP contribution in [0.25, 0.3) is 0 Å². The summed E-state index contributed by atoms with van der Waals surface area (Å²) in [7, 11) is 0. The molecule has 1 aromatic rings. The Bertz CT molecular complexity index is 426. The SMILES string of the molecule is C[C@@H](NC(=O)c1c(F)cccc1Cl)[C@H]1CCCO1. The van der Waals surface area contributed by atoms with Gasteiger partial charge in [-0.25, -0.2) is 4.39 Å². The predicted molar refractivity (Wildman–Crippen MR) is 67.3 cm³/mol. The Balaban J connectivity index is 2.07. The van der Waals surface area contributed by atoms with Crippen molar-refractivity contribution in [2.24, 2.45) is 0 Å². The molecular formula is C13H15ClFNO2. The summed E-state index contributed by atoms with van der Waals surface area (Å²) in [6.07, 6.45) is 1.90. The molecule has 1 aromatic carbocycles. The number of rotatable bonds is 3. The number of hydrogen-bond acceptors (Lipinski definition) is 2. The summed E-state index contributed by atoms with van der Waals surface area (Å²) in [5.41, 5.74) is -0.107. The number of nitrogens with one attached hydrogen (secondary N) is 1. The first kappa shape index (κ1) is 13.3. The molecule has 98 valence electrons. The molecular weight excluding hydrogens is 257 g/mol. The summed E-state index contributed by atoms with van der Waals surface area (Å²) in [6.45, 7) is 2.56. The molecule has 3 nitrogen and oxygen atoms in total. The van der Waals surface area contributed by atoms with E-state index in [2.05, 4.69) is 5.32 Å². The van der Waals surface area contributed by atoms with Crippen molar-refractivity contribution in [3.63, 3.8) is 0 Å². The van der Waals surface area contributed by atoms with E-state index >= 15 is 0 Å². The van der Waals surface area contributed by atoms with Crippen LogP contribution >= 0.6 is 11.6 Å². The molecule has 1 heterocycles. The minimum atomic E-state index is -0.612. The number of carbonyl (C=O) groups excluding carboxylic acids is 1. The van der Waals surface area contributed by atoms with Crippen molar-refractivity contribution in [1.82, 2.24) is 5.32 Å². The van der Waals surface area contributed by atoms with Crippen LogP contribution in [0.4, 0.5) is 4.39 Å². The van der Waals surface area contributed by atoms with Crippen LogP contribution in [0.2, 0.25) is 5.02 Å². The molecule has 0 spiro atoms. The zero-order valence-electron chi connectivity index (χ0n) is 10.1. The van der Waals surface area contributed by atoms with E-state index in [1.807, 2.05) is 6.92 Å². The number of hydrogen-bond donors (Lipinski definition) is 1. The smallest absolute Gasteiger partial charge is 0.256 e. The molecule has 0 aliphatic carbocycles. The van der Waals surface area contributed by atoms with Gasteiger partial charge in [0.1, 0.15) is 5.82 Å². The topological polar surface area (TPSA) is 38.3 Å². The van der Waals surface area contributed by atoms with Crippen LogP contribution < -0.4 is 5.32 Å². The summed E-state index contributed by atoms with van der Waals surface area (Å²) in [5, 5.41) is 2.85. The highest BCUT2D eigenvalue weighted by molar-refractivity contribution is 6.33. The molecule has 0 saturated carbocycles. The first-order valence-corrected chi connectivity index (χ1v) is 6.34. The van der Waals surface area contributed by atoms with Gasteiger partial charge in [0.2, 0.25) is 0 Å². The molecule has 1 fully saturated rings. The largest absolute Gasteiger partial charge is 0.376 e. The van der Waals surface area contributed by atoms with Gasteiger partial charge in [-0.15, -0.1) is 0 Å². The predicted octanol–water partition coefficient (Wildman–Crippen LogP) is 2.78. The number of benzene rings is 1. The van der Waals surface area contributed by atoms with Crippen molar-refractivity contribution >= 4 is 17.5 Å². The van der Waals surface area contributed by atoms with Crippen molar-refractivity contribution in [3.05, 3.63) is 34.6 Å².